The molecule has 28 heavy (non-hydrogen) atoms. The first-order valence-corrected chi connectivity index (χ1v) is 9.99. The average Bonchev–Trinajstić information content (AvgIpc) is 3.17. The topological polar surface area (TPSA) is 49.3 Å². The van der Waals surface area contributed by atoms with Gasteiger partial charge in [0.15, 0.2) is 5.82 Å². The molecule has 0 saturated carbocycles. The van der Waals surface area contributed by atoms with Gasteiger partial charge in [0.1, 0.15) is 5.82 Å². The van der Waals surface area contributed by atoms with E-state index in [2.05, 4.69) is 11.0 Å². The van der Waals surface area contributed by atoms with Gasteiger partial charge in [0, 0.05) is 37.6 Å². The fourth-order valence-corrected chi connectivity index (χ4v) is 4.72. The zero-order chi connectivity index (χ0) is 19.1. The molecule has 1 aromatic heterocycles. The van der Waals surface area contributed by atoms with Crippen LogP contribution in [0.5, 0.6) is 0 Å². The second-order valence-electron chi connectivity index (χ2n) is 8.04. The van der Waals surface area contributed by atoms with Crippen LogP contribution in [-0.4, -0.2) is 47.5 Å². The van der Waals surface area contributed by atoms with Crippen molar-refractivity contribution in [2.45, 2.75) is 19.3 Å². The van der Waals surface area contributed by atoms with E-state index in [0.717, 1.165) is 67.0 Å². The van der Waals surface area contributed by atoms with Crippen LogP contribution in [0.4, 0.5) is 5.82 Å². The fourth-order valence-electron chi connectivity index (χ4n) is 4.72. The lowest BCUT2D eigenvalue weighted by molar-refractivity contribution is -0.143. The van der Waals surface area contributed by atoms with E-state index in [4.69, 9.17) is 9.97 Å². The molecule has 2 aromatic carbocycles. The van der Waals surface area contributed by atoms with Crippen LogP contribution in [0.25, 0.3) is 22.3 Å². The molecule has 5 heteroatoms. The van der Waals surface area contributed by atoms with Crippen molar-refractivity contribution < 1.29 is 4.79 Å². The van der Waals surface area contributed by atoms with Gasteiger partial charge < -0.3 is 9.80 Å². The van der Waals surface area contributed by atoms with Gasteiger partial charge in [-0.2, -0.15) is 0 Å². The van der Waals surface area contributed by atoms with Crippen molar-refractivity contribution in [2.75, 3.05) is 31.6 Å². The molecule has 0 aliphatic carbocycles. The van der Waals surface area contributed by atoms with Gasteiger partial charge in [0.2, 0.25) is 5.91 Å². The van der Waals surface area contributed by atoms with Crippen molar-refractivity contribution in [3.8, 4) is 11.4 Å². The Morgan fingerprint density at radius 2 is 1.71 bits per heavy atom. The molecule has 3 heterocycles. The maximum absolute atomic E-state index is 12.9. The van der Waals surface area contributed by atoms with E-state index in [-0.39, 0.29) is 5.41 Å². The predicted molar refractivity (Wildman–Crippen MR) is 111 cm³/mol. The summed E-state index contributed by atoms with van der Waals surface area (Å²) in [7, 11) is 1.93. The summed E-state index contributed by atoms with van der Waals surface area (Å²) < 4.78 is 0. The Morgan fingerprint density at radius 1 is 0.929 bits per heavy atom. The van der Waals surface area contributed by atoms with E-state index in [9.17, 15) is 4.79 Å². The van der Waals surface area contributed by atoms with Crippen LogP contribution in [0, 0.1) is 5.41 Å². The first-order chi connectivity index (χ1) is 13.7. The van der Waals surface area contributed by atoms with Crippen molar-refractivity contribution in [2.24, 2.45) is 5.41 Å². The number of aromatic nitrogens is 2. The van der Waals surface area contributed by atoms with Gasteiger partial charge in [-0.15, -0.1) is 0 Å². The van der Waals surface area contributed by atoms with Gasteiger partial charge in [-0.3, -0.25) is 4.79 Å². The molecular weight excluding hydrogens is 348 g/mol. The molecule has 3 aromatic rings. The van der Waals surface area contributed by atoms with Crippen LogP contribution >= 0.6 is 0 Å². The van der Waals surface area contributed by atoms with E-state index in [1.54, 1.807) is 0 Å². The van der Waals surface area contributed by atoms with Crippen molar-refractivity contribution in [1.29, 1.82) is 0 Å². The number of benzene rings is 2. The normalized spacial score (nSPS) is 22.4. The SMILES string of the molecule is CN1CCC[C@@]2(CCN(c3nc(-c4ccccc4)nc4ccccc34)C2)C1=O. The molecule has 5 rings (SSSR count). The number of anilines is 1. The Hall–Kier alpha value is -2.95. The summed E-state index contributed by atoms with van der Waals surface area (Å²) >= 11 is 0. The third-order valence-electron chi connectivity index (χ3n) is 6.22. The molecule has 1 amide bonds. The van der Waals surface area contributed by atoms with E-state index in [1.807, 2.05) is 60.5 Å². The zero-order valence-electron chi connectivity index (χ0n) is 16.1. The molecule has 0 N–H and O–H groups in total. The maximum atomic E-state index is 12.9. The number of nitrogens with zero attached hydrogens (tertiary/aromatic N) is 4. The predicted octanol–water partition coefficient (Wildman–Crippen LogP) is 3.75. The first-order valence-electron chi connectivity index (χ1n) is 9.99. The molecule has 2 aliphatic heterocycles. The molecule has 0 bridgehead atoms. The number of rotatable bonds is 2. The lowest BCUT2D eigenvalue weighted by Crippen LogP contribution is -2.48. The molecule has 5 nitrogen and oxygen atoms in total. The number of para-hydroxylation sites is 1. The highest BCUT2D eigenvalue weighted by Crippen LogP contribution is 2.42. The lowest BCUT2D eigenvalue weighted by Gasteiger charge is -2.37. The number of amides is 1. The van der Waals surface area contributed by atoms with Crippen molar-refractivity contribution in [1.82, 2.24) is 14.9 Å². The Balaban J connectivity index is 1.58. The summed E-state index contributed by atoms with van der Waals surface area (Å²) in [6.45, 7) is 2.47. The van der Waals surface area contributed by atoms with E-state index >= 15 is 0 Å². The van der Waals surface area contributed by atoms with Gasteiger partial charge >= 0.3 is 0 Å². The van der Waals surface area contributed by atoms with Crippen LogP contribution in [0.15, 0.2) is 54.6 Å². The minimum absolute atomic E-state index is 0.258. The van der Waals surface area contributed by atoms with Crippen LogP contribution < -0.4 is 4.90 Å². The average molecular weight is 372 g/mol. The molecule has 0 radical (unpaired) electrons. The van der Waals surface area contributed by atoms with Gasteiger partial charge in [-0.05, 0) is 31.4 Å². The Kier molecular flexibility index (Phi) is 4.04. The number of piperidine rings is 1. The minimum atomic E-state index is -0.258. The van der Waals surface area contributed by atoms with E-state index in [0.29, 0.717) is 5.91 Å². The minimum Gasteiger partial charge on any atom is -0.355 e. The zero-order valence-corrected chi connectivity index (χ0v) is 16.1. The van der Waals surface area contributed by atoms with Crippen LogP contribution in [0.1, 0.15) is 19.3 Å². The lowest BCUT2D eigenvalue weighted by atomic mass is 9.78. The highest BCUT2D eigenvalue weighted by Gasteiger charge is 2.48. The number of carbonyl (C=O) groups excluding carboxylic acids is 1. The fraction of sp³-hybridized carbons (Fsp3) is 0.348. The van der Waals surface area contributed by atoms with Gasteiger partial charge in [0.05, 0.1) is 10.9 Å². The van der Waals surface area contributed by atoms with Gasteiger partial charge in [-0.1, -0.05) is 42.5 Å². The van der Waals surface area contributed by atoms with Crippen LogP contribution in [0.2, 0.25) is 0 Å². The van der Waals surface area contributed by atoms with Gasteiger partial charge in [0.25, 0.3) is 0 Å². The van der Waals surface area contributed by atoms with Crippen molar-refractivity contribution in [3.05, 3.63) is 54.6 Å². The maximum Gasteiger partial charge on any atom is 0.230 e. The molecule has 2 aliphatic rings. The molecular formula is C23H24N4O. The first kappa shape index (κ1) is 17.2. The summed E-state index contributed by atoms with van der Waals surface area (Å²) in [5, 5.41) is 1.05. The molecule has 2 saturated heterocycles. The van der Waals surface area contributed by atoms with Crippen molar-refractivity contribution >= 4 is 22.6 Å². The number of hydrogen-bond acceptors (Lipinski definition) is 4. The molecule has 1 spiro atoms. The standard InChI is InChI=1S/C23H24N4O/c1-26-14-7-12-23(22(26)28)13-15-27(16-23)21-18-10-5-6-11-19(18)24-20(25-21)17-8-3-2-4-9-17/h2-6,8-11H,7,12-16H2,1H3/t23-/m0/s1. The smallest absolute Gasteiger partial charge is 0.230 e. The quantitative estimate of drug-likeness (QED) is 0.687. The largest absolute Gasteiger partial charge is 0.355 e. The number of likely N-dealkylation sites (tertiary alicyclic amines) is 1. The number of carbonyl (C=O) groups is 1. The summed E-state index contributed by atoms with van der Waals surface area (Å²) in [4.78, 5) is 26.9. The molecule has 2 fully saturated rings. The van der Waals surface area contributed by atoms with E-state index < -0.39 is 0 Å². The molecule has 0 unspecified atom stereocenters. The number of hydrogen-bond donors (Lipinski definition) is 0. The highest BCUT2D eigenvalue weighted by atomic mass is 16.2. The summed E-state index contributed by atoms with van der Waals surface area (Å²) in [5.74, 6) is 1.98. The van der Waals surface area contributed by atoms with Crippen LogP contribution in [0.3, 0.4) is 0 Å². The monoisotopic (exact) mass is 372 g/mol. The van der Waals surface area contributed by atoms with Crippen LogP contribution in [-0.2, 0) is 4.79 Å². The van der Waals surface area contributed by atoms with Gasteiger partial charge in [-0.25, -0.2) is 9.97 Å². The Labute approximate surface area is 165 Å². The summed E-state index contributed by atoms with van der Waals surface area (Å²) in [5.41, 5.74) is 1.70. The number of fused-ring (bicyclic) bond motifs is 1. The van der Waals surface area contributed by atoms with Crippen molar-refractivity contribution in [3.63, 3.8) is 0 Å². The molecule has 142 valence electrons. The third kappa shape index (κ3) is 2.73. The summed E-state index contributed by atoms with van der Waals surface area (Å²) in [6, 6.07) is 18.3. The second-order valence-corrected chi connectivity index (χ2v) is 8.04. The summed E-state index contributed by atoms with van der Waals surface area (Å²) in [6.07, 6.45) is 2.95. The third-order valence-corrected chi connectivity index (χ3v) is 6.22. The second kappa shape index (κ2) is 6.59. The Morgan fingerprint density at radius 3 is 2.57 bits per heavy atom. The highest BCUT2D eigenvalue weighted by molar-refractivity contribution is 5.92. The Bertz CT molecular complexity index is 1040. The van der Waals surface area contributed by atoms with E-state index in [1.165, 1.54) is 0 Å². The molecule has 1 atom stereocenters.